The minimum absolute atomic E-state index is 0.243. The highest BCUT2D eigenvalue weighted by Gasteiger charge is 2.22. The molecule has 0 aliphatic carbocycles. The lowest BCUT2D eigenvalue weighted by Crippen LogP contribution is -2.44. The summed E-state index contributed by atoms with van der Waals surface area (Å²) in [4.78, 5) is 13.8. The predicted octanol–water partition coefficient (Wildman–Crippen LogP) is 3.36. The number of likely N-dealkylation sites (N-methyl/N-ethyl adjacent to an activating group) is 1. The van der Waals surface area contributed by atoms with Crippen LogP contribution in [0.5, 0.6) is 5.75 Å². The van der Waals surface area contributed by atoms with Crippen molar-refractivity contribution in [3.63, 3.8) is 0 Å². The van der Waals surface area contributed by atoms with Crippen molar-refractivity contribution in [3.8, 4) is 5.75 Å². The van der Waals surface area contributed by atoms with Crippen molar-refractivity contribution in [2.24, 2.45) is 0 Å². The van der Waals surface area contributed by atoms with Crippen LogP contribution in [0.4, 0.5) is 10.5 Å². The quantitative estimate of drug-likeness (QED) is 0.846. The lowest BCUT2D eigenvalue weighted by molar-refractivity contribution is 0.0501. The third kappa shape index (κ3) is 5.81. The van der Waals surface area contributed by atoms with Gasteiger partial charge in [0.15, 0.2) is 0 Å². The largest absolute Gasteiger partial charge is 0.492 e. The minimum atomic E-state index is -0.948. The zero-order chi connectivity index (χ0) is 16.0. The normalized spacial score (nSPS) is 11.1. The van der Waals surface area contributed by atoms with Crippen molar-refractivity contribution in [1.29, 1.82) is 0 Å². The van der Waals surface area contributed by atoms with Gasteiger partial charge in [0.05, 0.1) is 24.4 Å². The van der Waals surface area contributed by atoms with E-state index in [0.717, 1.165) is 0 Å². The molecule has 118 valence electrons. The number of hydrogen-bond acceptors (Lipinski definition) is 3. The van der Waals surface area contributed by atoms with E-state index in [1.54, 1.807) is 32.0 Å². The number of rotatable bonds is 6. The van der Waals surface area contributed by atoms with Crippen molar-refractivity contribution in [2.75, 3.05) is 25.0 Å². The van der Waals surface area contributed by atoms with E-state index in [1.165, 1.54) is 4.90 Å². The summed E-state index contributed by atoms with van der Waals surface area (Å²) < 4.78 is 5.47. The van der Waals surface area contributed by atoms with E-state index in [-0.39, 0.29) is 12.6 Å². The Kier molecular flexibility index (Phi) is 6.30. The number of hydrogen-bond donors (Lipinski definition) is 2. The maximum absolute atomic E-state index is 12.3. The molecule has 5 nitrogen and oxygen atoms in total. The second-order valence-electron chi connectivity index (χ2n) is 5.33. The van der Waals surface area contributed by atoms with E-state index in [1.807, 2.05) is 13.8 Å². The van der Waals surface area contributed by atoms with Crippen LogP contribution in [-0.2, 0) is 0 Å². The molecule has 0 aromatic heterocycles. The van der Waals surface area contributed by atoms with Gasteiger partial charge in [-0.05, 0) is 39.8 Å². The van der Waals surface area contributed by atoms with Gasteiger partial charge in [-0.2, -0.15) is 0 Å². The van der Waals surface area contributed by atoms with Gasteiger partial charge in [0.1, 0.15) is 5.75 Å². The van der Waals surface area contributed by atoms with Gasteiger partial charge < -0.3 is 20.1 Å². The van der Waals surface area contributed by atoms with Gasteiger partial charge in [0.2, 0.25) is 0 Å². The summed E-state index contributed by atoms with van der Waals surface area (Å²) in [7, 11) is 0. The fourth-order valence-electron chi connectivity index (χ4n) is 1.86. The molecule has 0 bridgehead atoms. The first kappa shape index (κ1) is 17.6. The molecular formula is C15H23ClN2O3. The monoisotopic (exact) mass is 314 g/mol. The molecule has 0 atom stereocenters. The number of ether oxygens (including phenoxy) is 1. The van der Waals surface area contributed by atoms with Crippen LogP contribution in [0, 0.1) is 0 Å². The molecular weight excluding hydrogens is 292 g/mol. The molecule has 0 radical (unpaired) electrons. The number of urea groups is 1. The topological polar surface area (TPSA) is 61.8 Å². The maximum Gasteiger partial charge on any atom is 0.322 e. The van der Waals surface area contributed by atoms with Crippen LogP contribution in [0.2, 0.25) is 5.02 Å². The average Bonchev–Trinajstić information content (AvgIpc) is 2.38. The van der Waals surface area contributed by atoms with Crippen LogP contribution in [0.25, 0.3) is 0 Å². The Balaban J connectivity index is 2.86. The number of nitrogens with one attached hydrogen (secondary N) is 1. The number of aliphatic hydroxyl groups is 1. The standard InChI is InChI=1S/C15H23ClN2O3/c1-5-18(10-15(3,4)20)14(19)17-12-8-7-11(16)9-13(12)21-6-2/h7-9,20H,5-6,10H2,1-4H3,(H,17,19). The van der Waals surface area contributed by atoms with Crippen molar-refractivity contribution >= 4 is 23.3 Å². The van der Waals surface area contributed by atoms with Crippen LogP contribution >= 0.6 is 11.6 Å². The summed E-state index contributed by atoms with van der Waals surface area (Å²) in [5, 5.41) is 13.2. The molecule has 21 heavy (non-hydrogen) atoms. The van der Waals surface area contributed by atoms with E-state index in [2.05, 4.69) is 5.32 Å². The van der Waals surface area contributed by atoms with E-state index in [9.17, 15) is 9.90 Å². The van der Waals surface area contributed by atoms with Gasteiger partial charge in [-0.3, -0.25) is 0 Å². The molecule has 2 amide bonds. The summed E-state index contributed by atoms with van der Waals surface area (Å²) in [5.41, 5.74) is -0.392. The Morgan fingerprint density at radius 1 is 1.43 bits per heavy atom. The number of halogens is 1. The number of carbonyl (C=O) groups is 1. The Bertz CT molecular complexity index is 486. The van der Waals surface area contributed by atoms with Gasteiger partial charge in [0.25, 0.3) is 0 Å². The third-order valence-corrected chi connectivity index (χ3v) is 2.97. The predicted molar refractivity (Wildman–Crippen MR) is 85.2 cm³/mol. The van der Waals surface area contributed by atoms with Gasteiger partial charge in [0, 0.05) is 17.6 Å². The third-order valence-electron chi connectivity index (χ3n) is 2.73. The first-order chi connectivity index (χ1) is 9.76. The molecule has 0 saturated heterocycles. The van der Waals surface area contributed by atoms with E-state index >= 15 is 0 Å². The molecule has 1 aromatic rings. The lowest BCUT2D eigenvalue weighted by atomic mass is 10.1. The van der Waals surface area contributed by atoms with E-state index in [0.29, 0.717) is 29.6 Å². The molecule has 0 unspecified atom stereocenters. The fourth-order valence-corrected chi connectivity index (χ4v) is 2.03. The molecule has 6 heteroatoms. The number of carbonyl (C=O) groups excluding carboxylic acids is 1. The van der Waals surface area contributed by atoms with Gasteiger partial charge in [-0.15, -0.1) is 0 Å². The second-order valence-corrected chi connectivity index (χ2v) is 5.77. The van der Waals surface area contributed by atoms with E-state index < -0.39 is 5.60 Å². The summed E-state index contributed by atoms with van der Waals surface area (Å²) in [6.45, 7) is 8.26. The first-order valence-electron chi connectivity index (χ1n) is 6.97. The minimum Gasteiger partial charge on any atom is -0.492 e. The number of nitrogens with zero attached hydrogens (tertiary/aromatic N) is 1. The zero-order valence-corrected chi connectivity index (χ0v) is 13.7. The molecule has 1 aromatic carbocycles. The highest BCUT2D eigenvalue weighted by Crippen LogP contribution is 2.28. The molecule has 0 saturated carbocycles. The Hall–Kier alpha value is -1.46. The van der Waals surface area contributed by atoms with Crippen molar-refractivity contribution in [3.05, 3.63) is 23.2 Å². The van der Waals surface area contributed by atoms with Crippen LogP contribution in [0.15, 0.2) is 18.2 Å². The van der Waals surface area contributed by atoms with Crippen LogP contribution in [0.3, 0.4) is 0 Å². The highest BCUT2D eigenvalue weighted by molar-refractivity contribution is 6.30. The van der Waals surface area contributed by atoms with Crippen LogP contribution in [0.1, 0.15) is 27.7 Å². The molecule has 0 aliphatic heterocycles. The first-order valence-corrected chi connectivity index (χ1v) is 7.35. The molecule has 0 fully saturated rings. The van der Waals surface area contributed by atoms with Gasteiger partial charge >= 0.3 is 6.03 Å². The summed E-state index contributed by atoms with van der Waals surface area (Å²) in [5.74, 6) is 0.526. The average molecular weight is 315 g/mol. The summed E-state index contributed by atoms with van der Waals surface area (Å²) >= 11 is 5.93. The maximum atomic E-state index is 12.3. The van der Waals surface area contributed by atoms with Crippen molar-refractivity contribution < 1.29 is 14.6 Å². The lowest BCUT2D eigenvalue weighted by Gasteiger charge is -2.28. The number of anilines is 1. The Labute approximate surface area is 130 Å². The molecule has 0 aliphatic rings. The van der Waals surface area contributed by atoms with Gasteiger partial charge in [-0.25, -0.2) is 4.79 Å². The van der Waals surface area contributed by atoms with E-state index in [4.69, 9.17) is 16.3 Å². The second kappa shape index (κ2) is 7.52. The summed E-state index contributed by atoms with van der Waals surface area (Å²) in [6, 6.07) is 4.75. The smallest absolute Gasteiger partial charge is 0.322 e. The number of amides is 2. The fraction of sp³-hybridized carbons (Fsp3) is 0.533. The van der Waals surface area contributed by atoms with Crippen molar-refractivity contribution in [2.45, 2.75) is 33.3 Å². The van der Waals surface area contributed by atoms with Crippen molar-refractivity contribution in [1.82, 2.24) is 4.90 Å². The van der Waals surface area contributed by atoms with Gasteiger partial charge in [-0.1, -0.05) is 11.6 Å². The Morgan fingerprint density at radius 3 is 2.62 bits per heavy atom. The Morgan fingerprint density at radius 2 is 2.10 bits per heavy atom. The summed E-state index contributed by atoms with van der Waals surface area (Å²) in [6.07, 6.45) is 0. The molecule has 2 N–H and O–H groups in total. The number of benzene rings is 1. The molecule has 0 spiro atoms. The molecule has 1 rings (SSSR count). The SMILES string of the molecule is CCOc1cc(Cl)ccc1NC(=O)N(CC)CC(C)(C)O. The highest BCUT2D eigenvalue weighted by atomic mass is 35.5. The van der Waals surface area contributed by atoms with Crippen LogP contribution < -0.4 is 10.1 Å². The molecule has 0 heterocycles. The van der Waals surface area contributed by atoms with Crippen LogP contribution in [-0.4, -0.2) is 41.3 Å². The zero-order valence-electron chi connectivity index (χ0n) is 12.9.